The highest BCUT2D eigenvalue weighted by atomic mass is 35.5. The Morgan fingerprint density at radius 3 is 2.17 bits per heavy atom. The van der Waals surface area contributed by atoms with Crippen LogP contribution < -0.4 is 0 Å². The van der Waals surface area contributed by atoms with Gasteiger partial charge in [0.2, 0.25) is 0 Å². The third kappa shape index (κ3) is 6.27. The van der Waals surface area contributed by atoms with Crippen LogP contribution in [0, 0.1) is 23.1 Å². The third-order valence-corrected chi connectivity index (χ3v) is 8.77. The zero-order valence-electron chi connectivity index (χ0n) is 23.9. The summed E-state index contributed by atoms with van der Waals surface area (Å²) in [6, 6.07) is 8.52. The van der Waals surface area contributed by atoms with Crippen LogP contribution in [0.1, 0.15) is 47.2 Å². The maximum atomic E-state index is 14.7. The molecule has 12 heteroatoms. The highest BCUT2D eigenvalue weighted by Crippen LogP contribution is 2.47. The molecule has 0 aliphatic carbocycles. The fourth-order valence-corrected chi connectivity index (χ4v) is 4.95. The molecule has 0 saturated carbocycles. The lowest BCUT2D eigenvalue weighted by Gasteiger charge is -2.33. The van der Waals surface area contributed by atoms with E-state index in [0.717, 1.165) is 29.4 Å². The first-order chi connectivity index (χ1) is 19.7. The molecule has 5 aromatic rings. The van der Waals surface area contributed by atoms with Gasteiger partial charge < -0.3 is 4.52 Å². The van der Waals surface area contributed by atoms with Crippen LogP contribution >= 0.6 is 22.9 Å². The summed E-state index contributed by atoms with van der Waals surface area (Å²) >= 11 is 7.33. The van der Waals surface area contributed by atoms with Crippen LogP contribution in [0.4, 0.5) is 17.6 Å². The van der Waals surface area contributed by atoms with Gasteiger partial charge in [-0.1, -0.05) is 70.4 Å². The molecule has 0 fully saturated rings. The van der Waals surface area contributed by atoms with E-state index in [1.54, 1.807) is 11.4 Å². The quantitative estimate of drug-likeness (QED) is 0.177. The van der Waals surface area contributed by atoms with Crippen molar-refractivity contribution in [3.8, 4) is 39.0 Å². The molecule has 0 spiro atoms. The van der Waals surface area contributed by atoms with E-state index in [1.165, 1.54) is 42.7 Å². The Kier molecular flexibility index (Phi) is 9.22. The number of thiazole rings is 1. The molecule has 0 atom stereocenters. The Labute approximate surface area is 250 Å². The summed E-state index contributed by atoms with van der Waals surface area (Å²) in [5.41, 5.74) is -1.12. The monoisotopic (exact) mass is 619 g/mol. The summed E-state index contributed by atoms with van der Waals surface area (Å²) in [6.07, 6.45) is -1.01. The van der Waals surface area contributed by atoms with Crippen molar-refractivity contribution in [2.75, 3.05) is 0 Å². The van der Waals surface area contributed by atoms with Gasteiger partial charge in [0.1, 0.15) is 16.5 Å². The van der Waals surface area contributed by atoms with Gasteiger partial charge in [-0.25, -0.2) is 19.0 Å². The van der Waals surface area contributed by atoms with Crippen LogP contribution in [-0.4, -0.2) is 24.9 Å². The number of benzene rings is 1. The lowest BCUT2D eigenvalue weighted by Crippen LogP contribution is -2.25. The first-order valence-corrected chi connectivity index (χ1v) is 14.4. The fourth-order valence-electron chi connectivity index (χ4n) is 4.02. The van der Waals surface area contributed by atoms with Gasteiger partial charge in [0, 0.05) is 17.8 Å². The first-order valence-electron chi connectivity index (χ1n) is 13.2. The summed E-state index contributed by atoms with van der Waals surface area (Å²) in [7, 11) is 0. The molecule has 0 bridgehead atoms. The molecule has 0 radical (unpaired) electrons. The summed E-state index contributed by atoms with van der Waals surface area (Å²) in [4.78, 5) is 8.13. The normalized spacial score (nSPS) is 12.1. The van der Waals surface area contributed by atoms with Crippen LogP contribution in [0.25, 0.3) is 39.0 Å². The van der Waals surface area contributed by atoms with Crippen LogP contribution in [-0.2, 0) is 6.18 Å². The molecule has 0 aliphatic rings. The molecule has 0 unspecified atom stereocenters. The predicted octanol–water partition coefficient (Wildman–Crippen LogP) is 9.85. The Bertz CT molecular complexity index is 1600. The number of nitrogens with zero attached hydrogens (tertiary/aromatic N) is 5. The molecule has 0 aliphatic heterocycles. The van der Waals surface area contributed by atoms with Gasteiger partial charge >= 0.3 is 6.18 Å². The Hall–Kier alpha value is -3.57. The predicted molar refractivity (Wildman–Crippen MR) is 157 cm³/mol. The van der Waals surface area contributed by atoms with Crippen molar-refractivity contribution in [1.29, 1.82) is 0 Å². The van der Waals surface area contributed by atoms with E-state index in [-0.39, 0.29) is 38.4 Å². The van der Waals surface area contributed by atoms with Gasteiger partial charge in [-0.05, 0) is 41.5 Å². The number of hydrogen-bond donors (Lipinski definition) is 0. The van der Waals surface area contributed by atoms with Crippen molar-refractivity contribution in [3.05, 3.63) is 76.9 Å². The van der Waals surface area contributed by atoms with Crippen LogP contribution in [0.2, 0.25) is 5.02 Å². The van der Waals surface area contributed by atoms with Crippen LogP contribution in [0.5, 0.6) is 0 Å². The number of halogens is 5. The van der Waals surface area contributed by atoms with Crippen molar-refractivity contribution < 1.29 is 22.1 Å². The van der Waals surface area contributed by atoms with Crippen molar-refractivity contribution >= 4 is 22.9 Å². The smallest absolute Gasteiger partial charge is 0.355 e. The number of alkyl halides is 3. The second kappa shape index (κ2) is 12.3. The van der Waals surface area contributed by atoms with Gasteiger partial charge in [-0.15, -0.1) is 11.3 Å². The van der Waals surface area contributed by atoms with Gasteiger partial charge in [0.15, 0.2) is 17.3 Å². The summed E-state index contributed by atoms with van der Waals surface area (Å²) in [5, 5.41) is 9.71. The standard InChI is InChI=1S/C21H10ClF4N5OS.C9H20/c22-12-4-3-5-13(23)15(12)17-16(20-28-8-9-33-20)18(32-30-17)11-10-29-31(19(11)21(24,25)26)14-6-1-2-7-27-14;1-7(2)9(5,6)8(3)4/h1-10H;7-8H,1-6H3. The van der Waals surface area contributed by atoms with Crippen molar-refractivity contribution in [1.82, 2.24) is 24.9 Å². The number of pyridine rings is 1. The molecule has 5 rings (SSSR count). The third-order valence-electron chi connectivity index (χ3n) is 7.66. The Morgan fingerprint density at radius 1 is 0.929 bits per heavy atom. The molecule has 6 nitrogen and oxygen atoms in total. The average molecular weight is 620 g/mol. The van der Waals surface area contributed by atoms with E-state index in [1.807, 2.05) is 0 Å². The Balaban J connectivity index is 0.000000392. The van der Waals surface area contributed by atoms with Crippen molar-refractivity contribution in [3.63, 3.8) is 0 Å². The highest BCUT2D eigenvalue weighted by molar-refractivity contribution is 7.13. The van der Waals surface area contributed by atoms with Crippen LogP contribution in [0.3, 0.4) is 0 Å². The minimum atomic E-state index is -4.83. The minimum absolute atomic E-state index is 0.0212. The van der Waals surface area contributed by atoms with E-state index in [2.05, 4.69) is 61.8 Å². The van der Waals surface area contributed by atoms with Crippen molar-refractivity contribution in [2.45, 2.75) is 47.7 Å². The second-order valence-corrected chi connectivity index (χ2v) is 12.1. The SMILES string of the molecule is CC(C)C(C)(C)C(C)C.Fc1cccc(Cl)c1-c1noc(-c2cnn(-c3ccccn3)c2C(F)(F)F)c1-c1nccs1. The molecule has 0 saturated heterocycles. The lowest BCUT2D eigenvalue weighted by atomic mass is 9.72. The Morgan fingerprint density at radius 2 is 1.64 bits per heavy atom. The molecule has 0 N–H and O–H groups in total. The summed E-state index contributed by atoms with van der Waals surface area (Å²) < 4.78 is 63.3. The second-order valence-electron chi connectivity index (χ2n) is 10.8. The van der Waals surface area contributed by atoms with E-state index < -0.39 is 23.3 Å². The minimum Gasteiger partial charge on any atom is -0.355 e. The zero-order chi connectivity index (χ0) is 30.8. The van der Waals surface area contributed by atoms with E-state index >= 15 is 0 Å². The van der Waals surface area contributed by atoms with E-state index in [0.29, 0.717) is 10.1 Å². The first kappa shape index (κ1) is 31.4. The van der Waals surface area contributed by atoms with E-state index in [9.17, 15) is 17.6 Å². The fraction of sp³-hybridized carbons (Fsp3) is 0.333. The van der Waals surface area contributed by atoms with Gasteiger partial charge in [0.25, 0.3) is 0 Å². The maximum Gasteiger partial charge on any atom is 0.434 e. The largest absolute Gasteiger partial charge is 0.434 e. The zero-order valence-corrected chi connectivity index (χ0v) is 25.4. The average Bonchev–Trinajstić information content (AvgIpc) is 3.68. The molecular formula is C30H30ClF4N5OS. The molecule has 1 aromatic carbocycles. The number of hydrogen-bond acceptors (Lipinski definition) is 6. The number of aromatic nitrogens is 5. The van der Waals surface area contributed by atoms with E-state index in [4.69, 9.17) is 16.1 Å². The summed E-state index contributed by atoms with van der Waals surface area (Å²) in [5.74, 6) is 0.563. The topological polar surface area (TPSA) is 69.6 Å². The molecule has 0 amide bonds. The van der Waals surface area contributed by atoms with Crippen LogP contribution in [0.15, 0.2) is 64.9 Å². The van der Waals surface area contributed by atoms with Gasteiger partial charge in [0.05, 0.1) is 27.9 Å². The molecule has 222 valence electrons. The van der Waals surface area contributed by atoms with Crippen molar-refractivity contribution in [2.24, 2.45) is 17.3 Å². The molecule has 4 aromatic heterocycles. The van der Waals surface area contributed by atoms with Gasteiger partial charge in [-0.2, -0.15) is 18.3 Å². The van der Waals surface area contributed by atoms with Gasteiger partial charge in [-0.3, -0.25) is 0 Å². The molecule has 4 heterocycles. The molecular weight excluding hydrogens is 590 g/mol. The number of rotatable bonds is 6. The lowest BCUT2D eigenvalue weighted by molar-refractivity contribution is -0.142. The maximum absolute atomic E-state index is 14.7. The highest BCUT2D eigenvalue weighted by Gasteiger charge is 2.42. The molecule has 42 heavy (non-hydrogen) atoms. The summed E-state index contributed by atoms with van der Waals surface area (Å²) in [6.45, 7) is 13.8.